The number of ether oxygens (including phenoxy) is 1. The van der Waals surface area contributed by atoms with Gasteiger partial charge in [0.1, 0.15) is 12.1 Å². The number of fused-ring (bicyclic) bond motifs is 1. The molecular weight excluding hydrogens is 324 g/mol. The van der Waals surface area contributed by atoms with Crippen LogP contribution in [0.25, 0.3) is 11.4 Å². The maximum absolute atomic E-state index is 12.5. The number of benzene rings is 2. The van der Waals surface area contributed by atoms with Crippen LogP contribution in [0.5, 0.6) is 5.75 Å². The quantitative estimate of drug-likeness (QED) is 0.767. The van der Waals surface area contributed by atoms with Gasteiger partial charge in [-0.1, -0.05) is 24.3 Å². The Morgan fingerprint density at radius 1 is 1.25 bits per heavy atom. The largest absolute Gasteiger partial charge is 0.479 e. The SMILES string of the molecule is O=C(Nc1cccc(-c2ncn[nH]2)c1)C1CSc2ccccc2O1. The number of para-hydroxylation sites is 1. The van der Waals surface area contributed by atoms with Crippen LogP contribution in [-0.2, 0) is 4.79 Å². The van der Waals surface area contributed by atoms with Crippen LogP contribution in [0.1, 0.15) is 0 Å². The Morgan fingerprint density at radius 2 is 2.17 bits per heavy atom. The average molecular weight is 338 g/mol. The summed E-state index contributed by atoms with van der Waals surface area (Å²) in [5, 5.41) is 9.55. The Morgan fingerprint density at radius 3 is 3.04 bits per heavy atom. The summed E-state index contributed by atoms with van der Waals surface area (Å²) in [6, 6.07) is 15.2. The molecule has 0 radical (unpaired) electrons. The van der Waals surface area contributed by atoms with Crippen LogP contribution in [0.4, 0.5) is 5.69 Å². The molecule has 2 aromatic carbocycles. The predicted octanol–water partition coefficient (Wildman–Crippen LogP) is 2.96. The number of nitrogens with zero attached hydrogens (tertiary/aromatic N) is 2. The second-order valence-corrected chi connectivity index (χ2v) is 6.33. The smallest absolute Gasteiger partial charge is 0.266 e. The maximum atomic E-state index is 12.5. The van der Waals surface area contributed by atoms with E-state index in [2.05, 4.69) is 20.5 Å². The first kappa shape index (κ1) is 14.8. The molecule has 0 saturated heterocycles. The van der Waals surface area contributed by atoms with E-state index in [9.17, 15) is 4.79 Å². The summed E-state index contributed by atoms with van der Waals surface area (Å²) in [4.78, 5) is 17.7. The number of carbonyl (C=O) groups excluding carboxylic acids is 1. The predicted molar refractivity (Wildman–Crippen MR) is 92.0 cm³/mol. The van der Waals surface area contributed by atoms with Gasteiger partial charge in [0.25, 0.3) is 5.91 Å². The first-order valence-corrected chi connectivity index (χ1v) is 8.43. The zero-order valence-corrected chi connectivity index (χ0v) is 13.4. The van der Waals surface area contributed by atoms with Gasteiger partial charge in [-0.3, -0.25) is 9.89 Å². The molecule has 24 heavy (non-hydrogen) atoms. The Bertz CT molecular complexity index is 867. The van der Waals surface area contributed by atoms with E-state index in [1.807, 2.05) is 48.5 Å². The summed E-state index contributed by atoms with van der Waals surface area (Å²) in [7, 11) is 0. The van der Waals surface area contributed by atoms with Crippen molar-refractivity contribution in [3.63, 3.8) is 0 Å². The zero-order chi connectivity index (χ0) is 16.4. The lowest BCUT2D eigenvalue weighted by atomic mass is 10.2. The Labute approximate surface area is 142 Å². The van der Waals surface area contributed by atoms with Crippen LogP contribution in [-0.4, -0.2) is 32.9 Å². The summed E-state index contributed by atoms with van der Waals surface area (Å²) in [5.41, 5.74) is 1.55. The van der Waals surface area contributed by atoms with Crippen LogP contribution >= 0.6 is 11.8 Å². The molecule has 1 unspecified atom stereocenters. The molecule has 1 aliphatic heterocycles. The third-order valence-corrected chi connectivity index (χ3v) is 4.74. The number of rotatable bonds is 3. The van der Waals surface area contributed by atoms with Gasteiger partial charge in [-0.05, 0) is 24.3 Å². The monoisotopic (exact) mass is 338 g/mol. The summed E-state index contributed by atoms with van der Waals surface area (Å²) in [6.45, 7) is 0. The molecule has 2 N–H and O–H groups in total. The molecule has 0 bridgehead atoms. The highest BCUT2D eigenvalue weighted by atomic mass is 32.2. The van der Waals surface area contributed by atoms with Crippen molar-refractivity contribution >= 4 is 23.4 Å². The van der Waals surface area contributed by atoms with E-state index < -0.39 is 6.10 Å². The first-order valence-electron chi connectivity index (χ1n) is 7.45. The molecule has 0 fully saturated rings. The molecule has 1 aliphatic rings. The lowest BCUT2D eigenvalue weighted by Gasteiger charge is -2.24. The number of hydrogen-bond acceptors (Lipinski definition) is 5. The molecule has 1 amide bonds. The minimum Gasteiger partial charge on any atom is -0.479 e. The van der Waals surface area contributed by atoms with Gasteiger partial charge in [0, 0.05) is 21.9 Å². The number of nitrogens with one attached hydrogen (secondary N) is 2. The molecule has 4 rings (SSSR count). The van der Waals surface area contributed by atoms with Crippen molar-refractivity contribution in [1.29, 1.82) is 0 Å². The minimum absolute atomic E-state index is 0.160. The standard InChI is InChI=1S/C17H14N4O2S/c22-17(14-9-24-15-7-2-1-6-13(15)23-14)20-12-5-3-4-11(8-12)16-18-10-19-21-16/h1-8,10,14H,9H2,(H,20,22)(H,18,19,21). The van der Waals surface area contributed by atoms with Gasteiger partial charge in [0.15, 0.2) is 11.9 Å². The lowest BCUT2D eigenvalue weighted by Crippen LogP contribution is -2.36. The van der Waals surface area contributed by atoms with E-state index in [4.69, 9.17) is 4.74 Å². The van der Waals surface area contributed by atoms with Crippen LogP contribution in [0, 0.1) is 0 Å². The molecule has 7 heteroatoms. The fourth-order valence-corrected chi connectivity index (χ4v) is 3.44. The molecule has 6 nitrogen and oxygen atoms in total. The molecule has 3 aromatic rings. The molecule has 2 heterocycles. The number of carbonyl (C=O) groups is 1. The summed E-state index contributed by atoms with van der Waals surface area (Å²) in [5.74, 6) is 1.84. The van der Waals surface area contributed by atoms with Gasteiger partial charge in [0.05, 0.1) is 0 Å². The number of aromatic nitrogens is 3. The van der Waals surface area contributed by atoms with E-state index in [0.29, 0.717) is 17.3 Å². The van der Waals surface area contributed by atoms with E-state index >= 15 is 0 Å². The maximum Gasteiger partial charge on any atom is 0.266 e. The number of thioether (sulfide) groups is 1. The number of anilines is 1. The number of H-pyrrole nitrogens is 1. The third-order valence-electron chi connectivity index (χ3n) is 3.62. The van der Waals surface area contributed by atoms with E-state index in [-0.39, 0.29) is 5.91 Å². The van der Waals surface area contributed by atoms with Crippen molar-refractivity contribution in [2.45, 2.75) is 11.0 Å². The van der Waals surface area contributed by atoms with Crippen molar-refractivity contribution < 1.29 is 9.53 Å². The second-order valence-electron chi connectivity index (χ2n) is 5.27. The van der Waals surface area contributed by atoms with Gasteiger partial charge in [-0.15, -0.1) is 11.8 Å². The van der Waals surface area contributed by atoms with E-state index in [1.54, 1.807) is 11.8 Å². The van der Waals surface area contributed by atoms with Gasteiger partial charge in [-0.25, -0.2) is 4.98 Å². The molecule has 1 aromatic heterocycles. The van der Waals surface area contributed by atoms with Gasteiger partial charge < -0.3 is 10.1 Å². The second kappa shape index (κ2) is 6.37. The van der Waals surface area contributed by atoms with Crippen LogP contribution in [0.15, 0.2) is 59.8 Å². The third kappa shape index (κ3) is 2.98. The van der Waals surface area contributed by atoms with Crippen molar-refractivity contribution in [1.82, 2.24) is 15.2 Å². The molecule has 120 valence electrons. The van der Waals surface area contributed by atoms with Crippen molar-refractivity contribution in [2.24, 2.45) is 0 Å². The van der Waals surface area contributed by atoms with Crippen molar-refractivity contribution in [3.8, 4) is 17.1 Å². The fraction of sp³-hybridized carbons (Fsp3) is 0.118. The molecule has 0 spiro atoms. The van der Waals surface area contributed by atoms with Crippen LogP contribution < -0.4 is 10.1 Å². The van der Waals surface area contributed by atoms with Gasteiger partial charge in [0.2, 0.25) is 0 Å². The molecular formula is C17H14N4O2S. The van der Waals surface area contributed by atoms with Crippen molar-refractivity contribution in [2.75, 3.05) is 11.1 Å². The summed E-state index contributed by atoms with van der Waals surface area (Å²) < 4.78 is 5.81. The number of hydrogen-bond donors (Lipinski definition) is 2. The zero-order valence-electron chi connectivity index (χ0n) is 12.6. The van der Waals surface area contributed by atoms with Crippen molar-refractivity contribution in [3.05, 3.63) is 54.9 Å². The summed E-state index contributed by atoms with van der Waals surface area (Å²) >= 11 is 1.63. The highest BCUT2D eigenvalue weighted by Gasteiger charge is 2.26. The summed E-state index contributed by atoms with van der Waals surface area (Å²) in [6.07, 6.45) is 0.935. The normalized spacial score (nSPS) is 16.1. The topological polar surface area (TPSA) is 79.9 Å². The molecule has 1 atom stereocenters. The first-order chi connectivity index (χ1) is 11.8. The Kier molecular flexibility index (Phi) is 3.92. The molecule has 0 aliphatic carbocycles. The lowest BCUT2D eigenvalue weighted by molar-refractivity contribution is -0.122. The Balaban J connectivity index is 1.48. The minimum atomic E-state index is -0.515. The van der Waals surface area contributed by atoms with E-state index in [0.717, 1.165) is 16.2 Å². The van der Waals surface area contributed by atoms with Gasteiger partial charge >= 0.3 is 0 Å². The molecule has 0 saturated carbocycles. The van der Waals surface area contributed by atoms with Crippen LogP contribution in [0.3, 0.4) is 0 Å². The fourth-order valence-electron chi connectivity index (χ4n) is 2.46. The van der Waals surface area contributed by atoms with Crippen LogP contribution in [0.2, 0.25) is 0 Å². The number of amides is 1. The highest BCUT2D eigenvalue weighted by molar-refractivity contribution is 7.99. The Hall–Kier alpha value is -2.80. The number of aromatic amines is 1. The highest BCUT2D eigenvalue weighted by Crippen LogP contribution is 2.35. The van der Waals surface area contributed by atoms with Gasteiger partial charge in [-0.2, -0.15) is 5.10 Å². The van der Waals surface area contributed by atoms with E-state index in [1.165, 1.54) is 6.33 Å². The average Bonchev–Trinajstić information content (AvgIpc) is 3.16.